The molecule has 0 saturated carbocycles. The van der Waals surface area contributed by atoms with Gasteiger partial charge in [0.1, 0.15) is 24.2 Å². The molecule has 1 aromatic carbocycles. The van der Waals surface area contributed by atoms with Crippen molar-refractivity contribution >= 4 is 36.2 Å². The molecule has 0 amide bonds. The Kier molecular flexibility index (Phi) is 18.1. The van der Waals surface area contributed by atoms with Gasteiger partial charge in [-0.15, -0.1) is 6.42 Å². The van der Waals surface area contributed by atoms with Crippen LogP contribution in [0, 0.1) is 12.3 Å². The van der Waals surface area contributed by atoms with Gasteiger partial charge >= 0.3 is 17.6 Å². The van der Waals surface area contributed by atoms with Gasteiger partial charge in [0, 0.05) is 17.6 Å². The third-order valence-corrected chi connectivity index (χ3v) is 7.81. The second kappa shape index (κ2) is 21.5. The fourth-order valence-corrected chi connectivity index (χ4v) is 5.06. The zero-order valence-electron chi connectivity index (χ0n) is 25.8. The normalized spacial score (nSPS) is 15.8. The molecule has 2 aromatic rings. The number of aromatic amines is 1. The average Bonchev–Trinajstić information content (AvgIpc) is 3.49. The van der Waals surface area contributed by atoms with E-state index in [1.54, 1.807) is 24.3 Å². The van der Waals surface area contributed by atoms with Crippen molar-refractivity contribution in [1.82, 2.24) is 14.6 Å². The molecule has 45 heavy (non-hydrogen) atoms. The third-order valence-electron chi connectivity index (χ3n) is 5.95. The number of nitrogens with one attached hydrogen (secondary N) is 2. The van der Waals surface area contributed by atoms with E-state index >= 15 is 0 Å². The molecule has 0 spiro atoms. The van der Waals surface area contributed by atoms with Crippen molar-refractivity contribution < 1.29 is 33.1 Å². The van der Waals surface area contributed by atoms with Crippen molar-refractivity contribution in [1.29, 1.82) is 0 Å². The molecular weight excluding hydrogens is 669 g/mol. The molecular formula is C31H41BrN3O9P. The number of nitrogens with zero attached hydrogens (tertiary/aromatic N) is 1. The van der Waals surface area contributed by atoms with Gasteiger partial charge in [-0.1, -0.05) is 61.4 Å². The van der Waals surface area contributed by atoms with E-state index in [4.69, 9.17) is 29.9 Å². The lowest BCUT2D eigenvalue weighted by atomic mass is 10.3. The lowest BCUT2D eigenvalue weighted by molar-refractivity contribution is -0.142. The molecule has 3 atom stereocenters. The summed E-state index contributed by atoms with van der Waals surface area (Å²) in [5.74, 6) is 2.27. The van der Waals surface area contributed by atoms with Gasteiger partial charge in [0.25, 0.3) is 5.56 Å². The summed E-state index contributed by atoms with van der Waals surface area (Å²) < 4.78 is 29.6. The van der Waals surface area contributed by atoms with Crippen LogP contribution in [0.1, 0.15) is 71.1 Å². The number of H-pyrrole nitrogens is 1. The van der Waals surface area contributed by atoms with Crippen LogP contribution in [-0.4, -0.2) is 53.9 Å². The van der Waals surface area contributed by atoms with Gasteiger partial charge in [0.2, 0.25) is 0 Å². The molecule has 0 bridgehead atoms. The van der Waals surface area contributed by atoms with E-state index in [2.05, 4.69) is 45.8 Å². The van der Waals surface area contributed by atoms with E-state index < -0.39 is 32.1 Å². The summed E-state index contributed by atoms with van der Waals surface area (Å²) in [6.45, 7) is 6.56. The number of esters is 2. The quantitative estimate of drug-likeness (QED) is 0.0746. The maximum Gasteiger partial charge on any atom is 0.330 e. The van der Waals surface area contributed by atoms with Crippen LogP contribution in [0.4, 0.5) is 0 Å². The maximum atomic E-state index is 12.2. The fraction of sp³-hybridized carbons (Fsp3) is 0.484. The summed E-state index contributed by atoms with van der Waals surface area (Å²) in [7, 11) is -1.45. The Balaban J connectivity index is 0.000000681. The number of unbranched alkanes of at least 4 members (excludes halogenated alkanes) is 4. The van der Waals surface area contributed by atoms with Crippen molar-refractivity contribution in [3.8, 4) is 18.1 Å². The van der Waals surface area contributed by atoms with Gasteiger partial charge in [0.05, 0.1) is 13.2 Å². The molecule has 0 fully saturated rings. The van der Waals surface area contributed by atoms with E-state index in [0.29, 0.717) is 19.0 Å². The Labute approximate surface area is 272 Å². The van der Waals surface area contributed by atoms with E-state index in [-0.39, 0.29) is 30.4 Å². The van der Waals surface area contributed by atoms with Crippen molar-refractivity contribution in [3.05, 3.63) is 73.5 Å². The Morgan fingerprint density at radius 1 is 1.07 bits per heavy atom. The summed E-state index contributed by atoms with van der Waals surface area (Å²) in [6, 6.07) is 7.26. The number of benzene rings is 1. The number of halogens is 1. The van der Waals surface area contributed by atoms with Crippen LogP contribution < -0.4 is 20.9 Å². The van der Waals surface area contributed by atoms with E-state index in [1.807, 2.05) is 12.1 Å². The second-order valence-corrected chi connectivity index (χ2v) is 12.1. The molecule has 3 rings (SSSR count). The summed E-state index contributed by atoms with van der Waals surface area (Å²) in [5.41, 5.74) is -1.29. The molecule has 1 aliphatic rings. The molecule has 3 unspecified atom stereocenters. The van der Waals surface area contributed by atoms with Crippen LogP contribution in [0.5, 0.6) is 5.75 Å². The van der Waals surface area contributed by atoms with Gasteiger partial charge in [-0.2, -0.15) is 0 Å². The van der Waals surface area contributed by atoms with E-state index in [1.165, 1.54) is 24.1 Å². The zero-order valence-corrected chi connectivity index (χ0v) is 28.3. The summed E-state index contributed by atoms with van der Waals surface area (Å²) >= 11 is 3.38. The van der Waals surface area contributed by atoms with Gasteiger partial charge in [-0.3, -0.25) is 29.0 Å². The van der Waals surface area contributed by atoms with Gasteiger partial charge < -0.3 is 23.5 Å². The third kappa shape index (κ3) is 15.0. The number of ether oxygens (including phenoxy) is 4. The number of terminal acetylenes is 1. The van der Waals surface area contributed by atoms with Crippen LogP contribution in [0.2, 0.25) is 0 Å². The molecule has 0 radical (unpaired) electrons. The summed E-state index contributed by atoms with van der Waals surface area (Å²) in [4.78, 5) is 48.3. The van der Waals surface area contributed by atoms with Crippen molar-refractivity contribution in [2.75, 3.05) is 26.1 Å². The monoisotopic (exact) mass is 709 g/mol. The molecule has 12 nitrogen and oxygen atoms in total. The topological polar surface area (TPSA) is 147 Å². The smallest absolute Gasteiger partial charge is 0.330 e. The predicted octanol–water partition coefficient (Wildman–Crippen LogP) is 5.12. The van der Waals surface area contributed by atoms with Crippen molar-refractivity contribution in [3.63, 3.8) is 0 Å². The lowest BCUT2D eigenvalue weighted by Gasteiger charge is -2.22. The maximum absolute atomic E-state index is 12.2. The predicted molar refractivity (Wildman–Crippen MR) is 175 cm³/mol. The van der Waals surface area contributed by atoms with Gasteiger partial charge in [-0.05, 0) is 49.3 Å². The van der Waals surface area contributed by atoms with Crippen LogP contribution in [-0.2, 0) is 28.5 Å². The highest BCUT2D eigenvalue weighted by atomic mass is 79.9. The first-order valence-corrected chi connectivity index (χ1v) is 16.9. The van der Waals surface area contributed by atoms with E-state index in [9.17, 15) is 19.2 Å². The first-order chi connectivity index (χ1) is 21.7. The number of hydrogen-bond donors (Lipinski definition) is 2. The van der Waals surface area contributed by atoms with Crippen LogP contribution >= 0.6 is 24.2 Å². The molecule has 0 saturated heterocycles. The minimum absolute atomic E-state index is 0.00756. The Morgan fingerprint density at radius 3 is 2.36 bits per heavy atom. The minimum Gasteiger partial charge on any atom is -0.466 e. The Morgan fingerprint density at radius 2 is 1.73 bits per heavy atom. The molecule has 2 N–H and O–H groups in total. The van der Waals surface area contributed by atoms with Crippen LogP contribution in [0.25, 0.3) is 0 Å². The van der Waals surface area contributed by atoms with Gasteiger partial charge in [0.15, 0.2) is 20.8 Å². The number of carbonyl (C=O) groups excluding carboxylic acids is 2. The van der Waals surface area contributed by atoms with Crippen LogP contribution in [0.15, 0.2) is 56.7 Å². The first kappa shape index (κ1) is 37.9. The Bertz CT molecular complexity index is 1390. The minimum atomic E-state index is -1.45. The standard InChI is InChI=1S/C24H27BrN3O7P.C7H14O2/c1-3-5-6-13-32-21(29)14-26-36(35-19-9-7-18(25)8-10-19)16-33-22-12-11-20(34-22)28-15-17(4-2)23(30)27-24(28)31;1-3-4-5-6-9-7(2)8/h2,7-12,15,20,22,26H,3,5-6,13-14,16H2,1H3,(H,27,30,31);3-6H2,1-2H3. The zero-order chi connectivity index (χ0) is 33.0. The molecule has 0 aliphatic carbocycles. The summed E-state index contributed by atoms with van der Waals surface area (Å²) in [6.07, 6.45) is 14.5. The molecule has 1 aliphatic heterocycles. The highest BCUT2D eigenvalue weighted by Gasteiger charge is 2.25. The molecule has 1 aromatic heterocycles. The first-order valence-electron chi connectivity index (χ1n) is 14.7. The molecule has 14 heteroatoms. The largest absolute Gasteiger partial charge is 0.466 e. The number of carbonyl (C=O) groups is 2. The van der Waals surface area contributed by atoms with Crippen molar-refractivity contribution in [2.45, 2.75) is 71.8 Å². The lowest BCUT2D eigenvalue weighted by Crippen LogP contribution is -2.33. The average molecular weight is 711 g/mol. The summed E-state index contributed by atoms with van der Waals surface area (Å²) in [5, 5.41) is 3.06. The van der Waals surface area contributed by atoms with E-state index in [0.717, 1.165) is 36.6 Å². The van der Waals surface area contributed by atoms with Crippen molar-refractivity contribution in [2.24, 2.45) is 0 Å². The van der Waals surface area contributed by atoms with Crippen LogP contribution in [0.3, 0.4) is 0 Å². The SMILES string of the molecule is C#Cc1cn(C2C=CC(OCP(NCC(=O)OCCCCC)Oc3ccc(Br)cc3)O2)c(=O)[nH]c1=O.CCCCCOC(C)=O. The number of aromatic nitrogens is 2. The second-order valence-electron chi connectivity index (χ2n) is 9.66. The highest BCUT2D eigenvalue weighted by molar-refractivity contribution is 9.10. The highest BCUT2D eigenvalue weighted by Crippen LogP contribution is 2.36. The fourth-order valence-electron chi connectivity index (χ4n) is 3.62. The molecule has 2 heterocycles. The number of hydrogen-bond acceptors (Lipinski definition) is 10. The van der Waals surface area contributed by atoms with Gasteiger partial charge in [-0.25, -0.2) is 4.79 Å². The number of rotatable bonds is 17. The molecule has 246 valence electrons. The Hall–Kier alpha value is -3.27.